The second-order valence-electron chi connectivity index (χ2n) is 4.28. The van der Waals surface area contributed by atoms with Crippen LogP contribution < -0.4 is 0 Å². The van der Waals surface area contributed by atoms with Gasteiger partial charge in [0.05, 0.1) is 10.4 Å². The fourth-order valence-electron chi connectivity index (χ4n) is 1.99. The monoisotopic (exact) mass is 329 g/mol. The molecule has 1 aromatic carbocycles. The third kappa shape index (κ3) is 1.95. The van der Waals surface area contributed by atoms with Gasteiger partial charge in [-0.15, -0.1) is 21.8 Å². The third-order valence-electron chi connectivity index (χ3n) is 2.99. The number of rotatable bonds is 3. The van der Waals surface area contributed by atoms with E-state index in [9.17, 15) is 4.39 Å². The number of alkyl halides is 1. The summed E-state index contributed by atoms with van der Waals surface area (Å²) in [5, 5.41) is 8.23. The van der Waals surface area contributed by atoms with Gasteiger partial charge in [-0.3, -0.25) is 0 Å². The zero-order valence-corrected chi connectivity index (χ0v) is 11.7. The number of hydrogen-bond acceptors (Lipinski definition) is 2. The van der Waals surface area contributed by atoms with Crippen molar-refractivity contribution < 1.29 is 4.39 Å². The third-order valence-corrected chi connectivity index (χ3v) is 4.04. The maximum atomic E-state index is 13.6. The summed E-state index contributed by atoms with van der Waals surface area (Å²) in [6.45, 7) is 0. The molecule has 0 aliphatic heterocycles. The highest BCUT2D eigenvalue weighted by Crippen LogP contribution is 2.40. The Hall–Kier alpha value is -0.940. The Kier molecular flexibility index (Phi) is 3.11. The molecule has 3 nitrogen and oxygen atoms in total. The molecule has 0 atom stereocenters. The van der Waals surface area contributed by atoms with Gasteiger partial charge in [-0.05, 0) is 40.9 Å². The van der Waals surface area contributed by atoms with Crippen molar-refractivity contribution in [1.82, 2.24) is 14.8 Å². The Labute approximate surface area is 117 Å². The van der Waals surface area contributed by atoms with Crippen LogP contribution in [0.25, 0.3) is 11.4 Å². The minimum absolute atomic E-state index is 0.301. The second kappa shape index (κ2) is 4.63. The standard InChI is InChI=1S/C12H10BrClFN3/c13-11-8(2-1-3-9(11)15)12-17-16-10(6-14)18(12)7-4-5-7/h1-3,7H,4-6H2. The fourth-order valence-corrected chi connectivity index (χ4v) is 2.62. The molecule has 0 saturated heterocycles. The predicted molar refractivity (Wildman–Crippen MR) is 70.9 cm³/mol. The molecule has 3 rings (SSSR count). The number of nitrogens with zero attached hydrogens (tertiary/aromatic N) is 3. The predicted octanol–water partition coefficient (Wildman–Crippen LogP) is 3.92. The molecule has 0 N–H and O–H groups in total. The van der Waals surface area contributed by atoms with Gasteiger partial charge in [-0.25, -0.2) is 4.39 Å². The summed E-state index contributed by atoms with van der Waals surface area (Å²) in [4.78, 5) is 0. The van der Waals surface area contributed by atoms with Crippen LogP contribution in [0.1, 0.15) is 24.7 Å². The Balaban J connectivity index is 2.17. The molecule has 1 aliphatic rings. The summed E-state index contributed by atoms with van der Waals surface area (Å²) in [5.41, 5.74) is 0.714. The van der Waals surface area contributed by atoms with E-state index < -0.39 is 0 Å². The molecule has 0 unspecified atom stereocenters. The molecule has 1 saturated carbocycles. The Bertz CT molecular complexity index is 595. The normalized spacial score (nSPS) is 15.1. The van der Waals surface area contributed by atoms with Crippen molar-refractivity contribution in [1.29, 1.82) is 0 Å². The first-order valence-corrected chi connectivity index (χ1v) is 6.99. The zero-order chi connectivity index (χ0) is 12.7. The van der Waals surface area contributed by atoms with E-state index in [1.165, 1.54) is 6.07 Å². The van der Waals surface area contributed by atoms with E-state index in [0.717, 1.165) is 18.7 Å². The van der Waals surface area contributed by atoms with Gasteiger partial charge in [0.1, 0.15) is 11.6 Å². The van der Waals surface area contributed by atoms with Crippen molar-refractivity contribution in [3.8, 4) is 11.4 Å². The lowest BCUT2D eigenvalue weighted by atomic mass is 10.2. The Morgan fingerprint density at radius 3 is 2.83 bits per heavy atom. The first kappa shape index (κ1) is 12.1. The molecule has 1 heterocycles. The van der Waals surface area contributed by atoms with Crippen molar-refractivity contribution in [3.05, 3.63) is 34.3 Å². The quantitative estimate of drug-likeness (QED) is 0.799. The zero-order valence-electron chi connectivity index (χ0n) is 9.41. The molecule has 0 bridgehead atoms. The first-order valence-electron chi connectivity index (χ1n) is 5.66. The van der Waals surface area contributed by atoms with E-state index in [1.807, 2.05) is 10.6 Å². The molecule has 1 fully saturated rings. The van der Waals surface area contributed by atoms with E-state index in [-0.39, 0.29) is 5.82 Å². The molecule has 1 aromatic heterocycles. The van der Waals surface area contributed by atoms with Crippen molar-refractivity contribution >= 4 is 27.5 Å². The van der Waals surface area contributed by atoms with Crippen LogP contribution >= 0.6 is 27.5 Å². The lowest BCUT2D eigenvalue weighted by Gasteiger charge is -2.09. The van der Waals surface area contributed by atoms with Crippen LogP contribution in [0.4, 0.5) is 4.39 Å². The van der Waals surface area contributed by atoms with Gasteiger partial charge < -0.3 is 4.57 Å². The average molecular weight is 331 g/mol. The maximum Gasteiger partial charge on any atom is 0.165 e. The largest absolute Gasteiger partial charge is 0.307 e. The van der Waals surface area contributed by atoms with Crippen LogP contribution in [0.3, 0.4) is 0 Å². The summed E-state index contributed by atoms with van der Waals surface area (Å²) in [5.74, 6) is 1.44. The smallest absolute Gasteiger partial charge is 0.165 e. The number of halogens is 3. The van der Waals surface area contributed by atoms with Crippen molar-refractivity contribution in [2.24, 2.45) is 0 Å². The summed E-state index contributed by atoms with van der Waals surface area (Å²) in [6.07, 6.45) is 2.20. The highest BCUT2D eigenvalue weighted by molar-refractivity contribution is 9.10. The van der Waals surface area contributed by atoms with Gasteiger partial charge in [0.2, 0.25) is 0 Å². The minimum Gasteiger partial charge on any atom is -0.307 e. The van der Waals surface area contributed by atoms with E-state index in [2.05, 4.69) is 26.1 Å². The van der Waals surface area contributed by atoms with Crippen LogP contribution in [-0.4, -0.2) is 14.8 Å². The van der Waals surface area contributed by atoms with Gasteiger partial charge in [0.25, 0.3) is 0 Å². The number of aromatic nitrogens is 3. The van der Waals surface area contributed by atoms with Gasteiger partial charge >= 0.3 is 0 Å². The average Bonchev–Trinajstić information content (AvgIpc) is 3.12. The molecule has 94 valence electrons. The van der Waals surface area contributed by atoms with Crippen LogP contribution in [-0.2, 0) is 5.88 Å². The molecule has 0 spiro atoms. The summed E-state index contributed by atoms with van der Waals surface area (Å²) >= 11 is 9.13. The van der Waals surface area contributed by atoms with Crippen LogP contribution in [0.5, 0.6) is 0 Å². The molecular weight excluding hydrogens is 321 g/mol. The van der Waals surface area contributed by atoms with Crippen LogP contribution in [0, 0.1) is 5.82 Å². The topological polar surface area (TPSA) is 30.7 Å². The fraction of sp³-hybridized carbons (Fsp3) is 0.333. The molecule has 0 amide bonds. The molecule has 6 heteroatoms. The van der Waals surface area contributed by atoms with E-state index in [1.54, 1.807) is 6.07 Å². The van der Waals surface area contributed by atoms with E-state index in [0.29, 0.717) is 27.8 Å². The minimum atomic E-state index is -0.301. The second-order valence-corrected chi connectivity index (χ2v) is 5.34. The lowest BCUT2D eigenvalue weighted by Crippen LogP contribution is -2.02. The number of benzene rings is 1. The van der Waals surface area contributed by atoms with Gasteiger partial charge in [-0.2, -0.15) is 0 Å². The highest BCUT2D eigenvalue weighted by atomic mass is 79.9. The van der Waals surface area contributed by atoms with Crippen molar-refractivity contribution in [2.45, 2.75) is 24.8 Å². The summed E-state index contributed by atoms with van der Waals surface area (Å²) in [6, 6.07) is 5.31. The Morgan fingerprint density at radius 2 is 2.17 bits per heavy atom. The summed E-state index contributed by atoms with van der Waals surface area (Å²) < 4.78 is 16.0. The first-order chi connectivity index (χ1) is 8.72. The van der Waals surface area contributed by atoms with E-state index >= 15 is 0 Å². The van der Waals surface area contributed by atoms with Crippen molar-refractivity contribution in [3.63, 3.8) is 0 Å². The van der Waals surface area contributed by atoms with Crippen molar-refractivity contribution in [2.75, 3.05) is 0 Å². The lowest BCUT2D eigenvalue weighted by molar-refractivity contribution is 0.621. The molecule has 2 aromatic rings. The molecule has 0 radical (unpaired) electrons. The summed E-state index contributed by atoms with van der Waals surface area (Å²) in [7, 11) is 0. The maximum absolute atomic E-state index is 13.6. The SMILES string of the molecule is Fc1cccc(-c2nnc(CCl)n2C2CC2)c1Br. The van der Waals surface area contributed by atoms with E-state index in [4.69, 9.17) is 11.6 Å². The number of hydrogen-bond donors (Lipinski definition) is 0. The van der Waals surface area contributed by atoms with Crippen LogP contribution in [0.2, 0.25) is 0 Å². The van der Waals surface area contributed by atoms with Crippen LogP contribution in [0.15, 0.2) is 22.7 Å². The van der Waals surface area contributed by atoms with Gasteiger partial charge in [0.15, 0.2) is 5.82 Å². The van der Waals surface area contributed by atoms with Gasteiger partial charge in [0, 0.05) is 11.6 Å². The molecular formula is C12H10BrClFN3. The Morgan fingerprint density at radius 1 is 1.39 bits per heavy atom. The molecule has 18 heavy (non-hydrogen) atoms. The highest BCUT2D eigenvalue weighted by Gasteiger charge is 2.30. The molecule has 1 aliphatic carbocycles. The van der Waals surface area contributed by atoms with Gasteiger partial charge in [-0.1, -0.05) is 6.07 Å².